The first-order valence-corrected chi connectivity index (χ1v) is 4.41. The van der Waals surface area contributed by atoms with Crippen molar-refractivity contribution < 1.29 is 14.3 Å². The Morgan fingerprint density at radius 2 is 2.07 bits per heavy atom. The summed E-state index contributed by atoms with van der Waals surface area (Å²) in [6.07, 6.45) is 0.170. The highest BCUT2D eigenvalue weighted by molar-refractivity contribution is 5.79. The largest absolute Gasteiger partial charge is 0.383 e. The summed E-state index contributed by atoms with van der Waals surface area (Å²) in [6, 6.07) is 0. The van der Waals surface area contributed by atoms with Crippen molar-refractivity contribution in [2.45, 2.75) is 6.42 Å². The number of carbonyl (C=O) groups excluding carboxylic acids is 2. The number of nitrogens with two attached hydrogens (primary N) is 1. The van der Waals surface area contributed by atoms with E-state index in [1.54, 1.807) is 7.11 Å². The summed E-state index contributed by atoms with van der Waals surface area (Å²) in [5.74, 6) is -0.569. The molecule has 0 aliphatic rings. The van der Waals surface area contributed by atoms with Crippen molar-refractivity contribution in [3.8, 4) is 0 Å². The van der Waals surface area contributed by atoms with E-state index < -0.39 is 5.91 Å². The summed E-state index contributed by atoms with van der Waals surface area (Å²) in [5.41, 5.74) is 4.90. The molecule has 0 aromatic rings. The van der Waals surface area contributed by atoms with E-state index in [1.807, 2.05) is 0 Å². The van der Waals surface area contributed by atoms with Gasteiger partial charge in [0.2, 0.25) is 11.8 Å². The van der Waals surface area contributed by atoms with Gasteiger partial charge in [-0.15, -0.1) is 0 Å². The molecule has 0 radical (unpaired) electrons. The van der Waals surface area contributed by atoms with Gasteiger partial charge in [-0.05, 0) is 0 Å². The third-order valence-corrected chi connectivity index (χ3v) is 1.46. The van der Waals surface area contributed by atoms with Gasteiger partial charge < -0.3 is 21.1 Å². The quantitative estimate of drug-likeness (QED) is 0.406. The molecular weight excluding hydrogens is 186 g/mol. The zero-order valence-electron chi connectivity index (χ0n) is 8.34. The Balaban J connectivity index is 3.24. The van der Waals surface area contributed by atoms with Crippen LogP contribution in [0.4, 0.5) is 0 Å². The number of hydrogen-bond donors (Lipinski definition) is 3. The number of amides is 2. The summed E-state index contributed by atoms with van der Waals surface area (Å²) >= 11 is 0. The maximum atomic E-state index is 11.0. The summed E-state index contributed by atoms with van der Waals surface area (Å²) in [6.45, 7) is 1.70. The van der Waals surface area contributed by atoms with Gasteiger partial charge in [0.05, 0.1) is 13.2 Å². The van der Waals surface area contributed by atoms with Crippen LogP contribution in [0.5, 0.6) is 0 Å². The van der Waals surface area contributed by atoms with E-state index >= 15 is 0 Å². The minimum atomic E-state index is -0.419. The van der Waals surface area contributed by atoms with Crippen LogP contribution < -0.4 is 16.4 Å². The second kappa shape index (κ2) is 8.46. The number of methoxy groups -OCH3 is 1. The van der Waals surface area contributed by atoms with Crippen LogP contribution in [0.25, 0.3) is 0 Å². The molecule has 14 heavy (non-hydrogen) atoms. The van der Waals surface area contributed by atoms with Crippen LogP contribution in [0.1, 0.15) is 6.42 Å². The molecule has 6 heteroatoms. The van der Waals surface area contributed by atoms with E-state index in [9.17, 15) is 9.59 Å². The summed E-state index contributed by atoms with van der Waals surface area (Å²) < 4.78 is 4.78. The lowest BCUT2D eigenvalue weighted by atomic mass is 10.4. The van der Waals surface area contributed by atoms with E-state index in [1.165, 1.54) is 0 Å². The highest BCUT2D eigenvalue weighted by Gasteiger charge is 2.00. The summed E-state index contributed by atoms with van der Waals surface area (Å²) in [5, 5.41) is 5.42. The topological polar surface area (TPSA) is 93.4 Å². The fraction of sp³-hybridized carbons (Fsp3) is 0.750. The smallest absolute Gasteiger partial charge is 0.233 e. The lowest BCUT2D eigenvalue weighted by molar-refractivity contribution is -0.120. The normalized spacial score (nSPS) is 9.79. The number of primary amides is 1. The molecule has 4 N–H and O–H groups in total. The Labute approximate surface area is 83.2 Å². The van der Waals surface area contributed by atoms with Gasteiger partial charge in [-0.25, -0.2) is 0 Å². The van der Waals surface area contributed by atoms with E-state index in [-0.39, 0.29) is 18.9 Å². The van der Waals surface area contributed by atoms with Crippen molar-refractivity contribution in [2.75, 3.05) is 33.4 Å². The SMILES string of the molecule is COCCNCC(=O)NCCC(N)=O. The number of rotatable bonds is 8. The van der Waals surface area contributed by atoms with Crippen molar-refractivity contribution in [3.05, 3.63) is 0 Å². The number of nitrogens with one attached hydrogen (secondary N) is 2. The van der Waals surface area contributed by atoms with Crippen LogP contribution in [0.15, 0.2) is 0 Å². The van der Waals surface area contributed by atoms with Gasteiger partial charge in [-0.3, -0.25) is 9.59 Å². The Hall–Kier alpha value is -1.14. The number of hydrogen-bond acceptors (Lipinski definition) is 4. The highest BCUT2D eigenvalue weighted by Crippen LogP contribution is 1.73. The van der Waals surface area contributed by atoms with Crippen LogP contribution in [0.3, 0.4) is 0 Å². The maximum absolute atomic E-state index is 11.0. The molecule has 6 nitrogen and oxygen atoms in total. The first-order valence-electron chi connectivity index (χ1n) is 4.41. The fourth-order valence-electron chi connectivity index (χ4n) is 0.764. The molecular formula is C8H17N3O3. The summed E-state index contributed by atoms with van der Waals surface area (Å²) in [4.78, 5) is 21.3. The van der Waals surface area contributed by atoms with Crippen molar-refractivity contribution in [3.63, 3.8) is 0 Å². The molecule has 2 amide bonds. The Kier molecular flexibility index (Phi) is 7.77. The lowest BCUT2D eigenvalue weighted by Crippen LogP contribution is -2.36. The average molecular weight is 203 g/mol. The average Bonchev–Trinajstić information content (AvgIpc) is 2.12. The van der Waals surface area contributed by atoms with Crippen molar-refractivity contribution in [1.29, 1.82) is 0 Å². The second-order valence-electron chi connectivity index (χ2n) is 2.74. The molecule has 0 atom stereocenters. The third kappa shape index (κ3) is 8.95. The molecule has 82 valence electrons. The number of carbonyl (C=O) groups is 2. The van der Waals surface area contributed by atoms with Gasteiger partial charge in [-0.2, -0.15) is 0 Å². The monoisotopic (exact) mass is 203 g/mol. The molecule has 0 aromatic heterocycles. The van der Waals surface area contributed by atoms with Gasteiger partial charge in [0, 0.05) is 26.6 Å². The zero-order valence-corrected chi connectivity index (χ0v) is 8.34. The fourth-order valence-corrected chi connectivity index (χ4v) is 0.764. The predicted octanol–water partition coefficient (Wildman–Crippen LogP) is -1.79. The van der Waals surface area contributed by atoms with Gasteiger partial charge in [0.25, 0.3) is 0 Å². The zero-order chi connectivity index (χ0) is 10.8. The van der Waals surface area contributed by atoms with Gasteiger partial charge in [0.1, 0.15) is 0 Å². The Morgan fingerprint density at radius 1 is 1.36 bits per heavy atom. The van der Waals surface area contributed by atoms with Gasteiger partial charge >= 0.3 is 0 Å². The van der Waals surface area contributed by atoms with Crippen LogP contribution in [0.2, 0.25) is 0 Å². The first-order chi connectivity index (χ1) is 6.66. The molecule has 0 aliphatic heterocycles. The van der Waals surface area contributed by atoms with Crippen molar-refractivity contribution in [1.82, 2.24) is 10.6 Å². The Morgan fingerprint density at radius 3 is 2.64 bits per heavy atom. The number of ether oxygens (including phenoxy) is 1. The molecule has 0 bridgehead atoms. The summed E-state index contributed by atoms with van der Waals surface area (Å²) in [7, 11) is 1.59. The van der Waals surface area contributed by atoms with Crippen LogP contribution in [-0.4, -0.2) is 45.2 Å². The molecule has 0 aliphatic carbocycles. The van der Waals surface area contributed by atoms with Crippen LogP contribution in [-0.2, 0) is 14.3 Å². The van der Waals surface area contributed by atoms with Gasteiger partial charge in [-0.1, -0.05) is 0 Å². The standard InChI is InChI=1S/C8H17N3O3/c1-14-5-4-10-6-8(13)11-3-2-7(9)12/h10H,2-6H2,1H3,(H2,9,12)(H,11,13). The first kappa shape index (κ1) is 12.9. The van der Waals surface area contributed by atoms with E-state index in [0.29, 0.717) is 19.7 Å². The molecule has 0 rings (SSSR count). The molecule has 0 saturated heterocycles. The molecule has 0 spiro atoms. The highest BCUT2D eigenvalue weighted by atomic mass is 16.5. The minimum Gasteiger partial charge on any atom is -0.383 e. The molecule has 0 saturated carbocycles. The third-order valence-electron chi connectivity index (χ3n) is 1.46. The molecule has 0 heterocycles. The molecule has 0 unspecified atom stereocenters. The van der Waals surface area contributed by atoms with Crippen LogP contribution in [0, 0.1) is 0 Å². The van der Waals surface area contributed by atoms with E-state index in [4.69, 9.17) is 10.5 Å². The van der Waals surface area contributed by atoms with Gasteiger partial charge in [0.15, 0.2) is 0 Å². The Bertz CT molecular complexity index is 185. The van der Waals surface area contributed by atoms with E-state index in [0.717, 1.165) is 0 Å². The van der Waals surface area contributed by atoms with E-state index in [2.05, 4.69) is 10.6 Å². The predicted molar refractivity (Wildman–Crippen MR) is 51.6 cm³/mol. The van der Waals surface area contributed by atoms with Crippen molar-refractivity contribution >= 4 is 11.8 Å². The molecule has 0 aromatic carbocycles. The molecule has 0 fully saturated rings. The maximum Gasteiger partial charge on any atom is 0.233 e. The van der Waals surface area contributed by atoms with Crippen LogP contribution >= 0.6 is 0 Å². The minimum absolute atomic E-state index is 0.151. The second-order valence-corrected chi connectivity index (χ2v) is 2.74. The van der Waals surface area contributed by atoms with Crippen molar-refractivity contribution in [2.24, 2.45) is 5.73 Å². The lowest BCUT2D eigenvalue weighted by Gasteiger charge is -2.04.